The summed E-state index contributed by atoms with van der Waals surface area (Å²) < 4.78 is 0. The number of allylic oxidation sites excluding steroid dienone is 1. The van der Waals surface area contributed by atoms with Gasteiger partial charge >= 0.3 is 0 Å². The third-order valence-corrected chi connectivity index (χ3v) is 3.44. The Balaban J connectivity index is 3.30. The summed E-state index contributed by atoms with van der Waals surface area (Å²) >= 11 is 0. The van der Waals surface area contributed by atoms with Gasteiger partial charge in [-0.15, -0.1) is 6.58 Å². The van der Waals surface area contributed by atoms with Gasteiger partial charge in [0.05, 0.1) is 0 Å². The molecule has 0 aromatic heterocycles. The molecule has 1 atom stereocenters. The fourth-order valence-electron chi connectivity index (χ4n) is 2.22. The van der Waals surface area contributed by atoms with E-state index in [2.05, 4.69) is 26.5 Å². The number of rotatable bonds is 12. The second kappa shape index (κ2) is 12.8. The first-order valence-corrected chi connectivity index (χ1v) is 7.47. The van der Waals surface area contributed by atoms with E-state index in [9.17, 15) is 0 Å². The Bertz CT molecular complexity index is 137. The maximum atomic E-state index is 3.97. The van der Waals surface area contributed by atoms with Crippen LogP contribution in [0.3, 0.4) is 0 Å². The second-order valence-corrected chi connectivity index (χ2v) is 5.05. The van der Waals surface area contributed by atoms with Crippen LogP contribution in [0.2, 0.25) is 0 Å². The third kappa shape index (κ3) is 10.3. The van der Waals surface area contributed by atoms with Crippen molar-refractivity contribution in [3.63, 3.8) is 0 Å². The lowest BCUT2D eigenvalue weighted by Gasteiger charge is -2.11. The van der Waals surface area contributed by atoms with Gasteiger partial charge in [0, 0.05) is 0 Å². The fraction of sp³-hybridized carbons (Fsp3) is 0.875. The Labute approximate surface area is 104 Å². The quantitative estimate of drug-likeness (QED) is 0.277. The molecule has 0 aliphatic heterocycles. The first-order chi connectivity index (χ1) is 7.85. The zero-order valence-corrected chi connectivity index (χ0v) is 11.6. The minimum Gasteiger partial charge on any atom is -0.103 e. The Morgan fingerprint density at radius 1 is 0.750 bits per heavy atom. The van der Waals surface area contributed by atoms with Gasteiger partial charge in [0.1, 0.15) is 0 Å². The lowest BCUT2D eigenvalue weighted by atomic mass is 9.95. The predicted molar refractivity (Wildman–Crippen MR) is 75.8 cm³/mol. The van der Waals surface area contributed by atoms with Gasteiger partial charge in [-0.2, -0.15) is 0 Å². The highest BCUT2D eigenvalue weighted by atomic mass is 14.1. The molecule has 0 heterocycles. The van der Waals surface area contributed by atoms with E-state index < -0.39 is 0 Å². The van der Waals surface area contributed by atoms with Crippen LogP contribution in [0.25, 0.3) is 0 Å². The molecular formula is C16H32. The molecule has 1 unspecified atom stereocenters. The molecule has 0 radical (unpaired) electrons. The molecular weight excluding hydrogens is 192 g/mol. The van der Waals surface area contributed by atoms with Crippen LogP contribution in [0.15, 0.2) is 12.7 Å². The van der Waals surface area contributed by atoms with E-state index in [1.165, 1.54) is 70.6 Å². The molecule has 0 rings (SSSR count). The van der Waals surface area contributed by atoms with E-state index in [4.69, 9.17) is 0 Å². The van der Waals surface area contributed by atoms with Crippen molar-refractivity contribution in [2.24, 2.45) is 5.92 Å². The summed E-state index contributed by atoms with van der Waals surface area (Å²) in [5, 5.41) is 0. The van der Waals surface area contributed by atoms with Gasteiger partial charge in [0.15, 0.2) is 0 Å². The Kier molecular flexibility index (Phi) is 12.6. The fourth-order valence-corrected chi connectivity index (χ4v) is 2.22. The van der Waals surface area contributed by atoms with Crippen LogP contribution >= 0.6 is 0 Å². The van der Waals surface area contributed by atoms with E-state index in [0.717, 1.165) is 5.92 Å². The van der Waals surface area contributed by atoms with Gasteiger partial charge in [0.25, 0.3) is 0 Å². The summed E-state index contributed by atoms with van der Waals surface area (Å²) in [6.07, 6.45) is 17.5. The molecule has 0 nitrogen and oxygen atoms in total. The molecule has 0 heteroatoms. The Morgan fingerprint density at radius 2 is 1.19 bits per heavy atom. The lowest BCUT2D eigenvalue weighted by molar-refractivity contribution is 0.473. The van der Waals surface area contributed by atoms with Crippen molar-refractivity contribution >= 4 is 0 Å². The molecule has 0 aliphatic carbocycles. The second-order valence-electron chi connectivity index (χ2n) is 5.05. The largest absolute Gasteiger partial charge is 0.103 e. The summed E-state index contributed by atoms with van der Waals surface area (Å²) in [6.45, 7) is 8.52. The van der Waals surface area contributed by atoms with Gasteiger partial charge in [0.2, 0.25) is 0 Å². The van der Waals surface area contributed by atoms with Crippen molar-refractivity contribution in [3.8, 4) is 0 Å². The van der Waals surface area contributed by atoms with E-state index in [-0.39, 0.29) is 0 Å². The highest BCUT2D eigenvalue weighted by Crippen LogP contribution is 2.18. The molecule has 0 aromatic carbocycles. The van der Waals surface area contributed by atoms with Gasteiger partial charge < -0.3 is 0 Å². The minimum atomic E-state index is 0.790. The maximum absolute atomic E-state index is 3.97. The topological polar surface area (TPSA) is 0 Å². The molecule has 0 amide bonds. The number of unbranched alkanes of at least 4 members (excludes halogenated alkanes) is 7. The Morgan fingerprint density at radius 3 is 1.75 bits per heavy atom. The predicted octanol–water partition coefficient (Wildman–Crippen LogP) is 6.12. The summed E-state index contributed by atoms with van der Waals surface area (Å²) in [5.74, 6) is 0.790. The highest BCUT2D eigenvalue weighted by Gasteiger charge is 2.03. The van der Waals surface area contributed by atoms with Crippen LogP contribution in [-0.4, -0.2) is 0 Å². The zero-order valence-electron chi connectivity index (χ0n) is 11.6. The van der Waals surface area contributed by atoms with Crippen LogP contribution < -0.4 is 0 Å². The minimum absolute atomic E-state index is 0.790. The lowest BCUT2D eigenvalue weighted by Crippen LogP contribution is -1.96. The molecule has 0 spiro atoms. The zero-order chi connectivity index (χ0) is 12.1. The van der Waals surface area contributed by atoms with E-state index in [1.54, 1.807) is 0 Å². The standard InChI is InChI=1S/C16H32/c1-4-7-9-10-11-13-15-16(6-3)14-12-8-5-2/h6,16H,3-5,7-15H2,1-2H3. The summed E-state index contributed by atoms with van der Waals surface area (Å²) in [5.41, 5.74) is 0. The molecule has 0 aliphatic rings. The molecule has 0 N–H and O–H groups in total. The average molecular weight is 224 g/mol. The summed E-state index contributed by atoms with van der Waals surface area (Å²) in [6, 6.07) is 0. The van der Waals surface area contributed by atoms with Crippen molar-refractivity contribution in [1.82, 2.24) is 0 Å². The number of hydrogen-bond donors (Lipinski definition) is 0. The van der Waals surface area contributed by atoms with Gasteiger partial charge in [-0.1, -0.05) is 77.7 Å². The molecule has 16 heavy (non-hydrogen) atoms. The molecule has 0 saturated carbocycles. The average Bonchev–Trinajstić information content (AvgIpc) is 2.31. The van der Waals surface area contributed by atoms with Crippen LogP contribution in [0.5, 0.6) is 0 Å². The number of hydrogen-bond acceptors (Lipinski definition) is 0. The van der Waals surface area contributed by atoms with Crippen molar-refractivity contribution in [1.29, 1.82) is 0 Å². The molecule has 0 bridgehead atoms. The summed E-state index contributed by atoms with van der Waals surface area (Å²) in [7, 11) is 0. The molecule has 0 saturated heterocycles. The van der Waals surface area contributed by atoms with Gasteiger partial charge in [-0.05, 0) is 18.8 Å². The van der Waals surface area contributed by atoms with Crippen molar-refractivity contribution in [2.45, 2.75) is 84.5 Å². The van der Waals surface area contributed by atoms with Gasteiger partial charge in [-0.25, -0.2) is 0 Å². The van der Waals surface area contributed by atoms with Crippen LogP contribution in [0.1, 0.15) is 84.5 Å². The SMILES string of the molecule is C=CC(CCCCC)CCCCCCCC. The van der Waals surface area contributed by atoms with Crippen LogP contribution in [-0.2, 0) is 0 Å². The Hall–Kier alpha value is -0.260. The van der Waals surface area contributed by atoms with Crippen molar-refractivity contribution in [2.75, 3.05) is 0 Å². The monoisotopic (exact) mass is 224 g/mol. The highest BCUT2D eigenvalue weighted by molar-refractivity contribution is 4.78. The van der Waals surface area contributed by atoms with E-state index >= 15 is 0 Å². The van der Waals surface area contributed by atoms with Crippen LogP contribution in [0, 0.1) is 5.92 Å². The first kappa shape index (κ1) is 15.7. The smallest absolute Gasteiger partial charge is 0.0236 e. The first-order valence-electron chi connectivity index (χ1n) is 7.47. The normalized spacial score (nSPS) is 12.6. The van der Waals surface area contributed by atoms with Crippen LogP contribution in [0.4, 0.5) is 0 Å². The summed E-state index contributed by atoms with van der Waals surface area (Å²) in [4.78, 5) is 0. The maximum Gasteiger partial charge on any atom is -0.0236 e. The van der Waals surface area contributed by atoms with E-state index in [0.29, 0.717) is 0 Å². The van der Waals surface area contributed by atoms with Crippen molar-refractivity contribution < 1.29 is 0 Å². The molecule has 0 fully saturated rings. The molecule has 0 aromatic rings. The molecule has 96 valence electrons. The third-order valence-electron chi connectivity index (χ3n) is 3.44. The van der Waals surface area contributed by atoms with Crippen molar-refractivity contribution in [3.05, 3.63) is 12.7 Å². The van der Waals surface area contributed by atoms with E-state index in [1.807, 2.05) is 0 Å². The van der Waals surface area contributed by atoms with Gasteiger partial charge in [-0.3, -0.25) is 0 Å².